The molecule has 2 heterocycles. The summed E-state index contributed by atoms with van der Waals surface area (Å²) >= 11 is 0. The van der Waals surface area contributed by atoms with E-state index in [-0.39, 0.29) is 10.8 Å². The Morgan fingerprint density at radius 3 is 2.52 bits per heavy atom. The van der Waals surface area contributed by atoms with E-state index in [1.807, 2.05) is 25.1 Å². The number of amides is 1. The first-order valence-corrected chi connectivity index (χ1v) is 10.8. The summed E-state index contributed by atoms with van der Waals surface area (Å²) in [6.45, 7) is 2.38. The van der Waals surface area contributed by atoms with Gasteiger partial charge in [0.1, 0.15) is 6.10 Å². The van der Waals surface area contributed by atoms with E-state index in [0.29, 0.717) is 18.0 Å². The van der Waals surface area contributed by atoms with Crippen molar-refractivity contribution in [2.24, 2.45) is 0 Å². The molecule has 2 atom stereocenters. The van der Waals surface area contributed by atoms with Gasteiger partial charge >= 0.3 is 0 Å². The van der Waals surface area contributed by atoms with Crippen molar-refractivity contribution in [3.8, 4) is 11.5 Å². The average molecular weight is 387 g/mol. The molecule has 2 aliphatic heterocycles. The molecule has 27 heavy (non-hydrogen) atoms. The molecule has 0 saturated heterocycles. The van der Waals surface area contributed by atoms with Gasteiger partial charge < -0.3 is 14.4 Å². The fraction of sp³-hybridized carbons (Fsp3) is 0.350. The van der Waals surface area contributed by atoms with Gasteiger partial charge in [0.15, 0.2) is 21.3 Å². The molecular formula is C20H21NO5S. The lowest BCUT2D eigenvalue weighted by atomic mass is 10.0. The summed E-state index contributed by atoms with van der Waals surface area (Å²) in [6.07, 6.45) is 1.52. The first-order valence-electron chi connectivity index (χ1n) is 8.91. The van der Waals surface area contributed by atoms with Crippen molar-refractivity contribution in [2.45, 2.75) is 36.9 Å². The van der Waals surface area contributed by atoms with Crippen molar-refractivity contribution in [1.29, 1.82) is 0 Å². The van der Waals surface area contributed by atoms with Crippen LogP contribution in [0, 0.1) is 0 Å². The maximum atomic E-state index is 13.2. The zero-order valence-electron chi connectivity index (χ0n) is 15.2. The summed E-state index contributed by atoms with van der Waals surface area (Å²) < 4.78 is 35.4. The molecule has 0 aromatic heterocycles. The molecule has 6 nitrogen and oxygen atoms in total. The van der Waals surface area contributed by atoms with E-state index in [4.69, 9.17) is 9.47 Å². The van der Waals surface area contributed by atoms with Gasteiger partial charge in [-0.25, -0.2) is 8.42 Å². The summed E-state index contributed by atoms with van der Waals surface area (Å²) in [5.41, 5.74) is 1.61. The van der Waals surface area contributed by atoms with Crippen LogP contribution >= 0.6 is 0 Å². The number of carbonyl (C=O) groups is 1. The van der Waals surface area contributed by atoms with Crippen LogP contribution in [0.25, 0.3) is 0 Å². The molecule has 142 valence electrons. The van der Waals surface area contributed by atoms with E-state index in [0.717, 1.165) is 24.1 Å². The number of aryl methyl sites for hydroxylation is 1. The van der Waals surface area contributed by atoms with Crippen LogP contribution < -0.4 is 14.4 Å². The van der Waals surface area contributed by atoms with Crippen LogP contribution in [-0.2, 0) is 21.1 Å². The first kappa shape index (κ1) is 17.9. The second-order valence-electron chi connectivity index (χ2n) is 6.96. The largest absolute Gasteiger partial charge is 0.482 e. The molecule has 7 heteroatoms. The second kappa shape index (κ2) is 6.56. The van der Waals surface area contributed by atoms with Gasteiger partial charge in [0, 0.05) is 18.5 Å². The number of hydrogen-bond acceptors (Lipinski definition) is 5. The molecule has 1 amide bonds. The summed E-state index contributed by atoms with van der Waals surface area (Å²) in [6, 6.07) is 12.2. The van der Waals surface area contributed by atoms with Gasteiger partial charge in [-0.2, -0.15) is 0 Å². The van der Waals surface area contributed by atoms with Gasteiger partial charge in [-0.15, -0.1) is 0 Å². The Hall–Kier alpha value is -2.54. The van der Waals surface area contributed by atoms with Crippen LogP contribution in [0.4, 0.5) is 5.69 Å². The van der Waals surface area contributed by atoms with Crippen molar-refractivity contribution in [1.82, 2.24) is 0 Å². The highest BCUT2D eigenvalue weighted by atomic mass is 32.2. The Morgan fingerprint density at radius 1 is 1.11 bits per heavy atom. The molecule has 2 aromatic rings. The highest BCUT2D eigenvalue weighted by Gasteiger charge is 2.38. The number of anilines is 1. The SMILES string of the molecule is CC1Oc2ccccc2OC1C(=O)N1CCCc2cc(S(C)(=O)=O)ccc21. The molecular weight excluding hydrogens is 366 g/mol. The Bertz CT molecular complexity index is 1000. The Kier molecular flexibility index (Phi) is 4.34. The third-order valence-electron chi connectivity index (χ3n) is 4.95. The van der Waals surface area contributed by atoms with E-state index < -0.39 is 22.0 Å². The van der Waals surface area contributed by atoms with Crippen molar-refractivity contribution >= 4 is 21.4 Å². The minimum absolute atomic E-state index is 0.176. The summed E-state index contributed by atoms with van der Waals surface area (Å²) in [4.78, 5) is 15.2. The minimum atomic E-state index is -3.28. The van der Waals surface area contributed by atoms with Crippen LogP contribution in [0.3, 0.4) is 0 Å². The maximum absolute atomic E-state index is 13.2. The monoisotopic (exact) mass is 387 g/mol. The third kappa shape index (κ3) is 3.27. The van der Waals surface area contributed by atoms with Crippen molar-refractivity contribution in [3.63, 3.8) is 0 Å². The van der Waals surface area contributed by atoms with E-state index >= 15 is 0 Å². The van der Waals surface area contributed by atoms with Gasteiger partial charge in [-0.1, -0.05) is 12.1 Å². The lowest BCUT2D eigenvalue weighted by molar-refractivity contribution is -0.130. The van der Waals surface area contributed by atoms with Gasteiger partial charge in [0.2, 0.25) is 6.10 Å². The fourth-order valence-corrected chi connectivity index (χ4v) is 4.25. The zero-order valence-corrected chi connectivity index (χ0v) is 16.0. The lowest BCUT2D eigenvalue weighted by Gasteiger charge is -2.36. The average Bonchev–Trinajstić information content (AvgIpc) is 2.65. The molecule has 4 rings (SSSR count). The van der Waals surface area contributed by atoms with E-state index in [1.54, 1.807) is 29.2 Å². The van der Waals surface area contributed by atoms with E-state index in [9.17, 15) is 13.2 Å². The minimum Gasteiger partial charge on any atom is -0.482 e. The number of nitrogens with zero attached hydrogens (tertiary/aromatic N) is 1. The lowest BCUT2D eigenvalue weighted by Crippen LogP contribution is -2.52. The number of ether oxygens (including phenoxy) is 2. The Morgan fingerprint density at radius 2 is 1.81 bits per heavy atom. The summed E-state index contributed by atoms with van der Waals surface area (Å²) in [5.74, 6) is 1.01. The number of hydrogen-bond donors (Lipinski definition) is 0. The molecule has 0 spiro atoms. The number of sulfone groups is 1. The molecule has 2 aliphatic rings. The molecule has 2 unspecified atom stereocenters. The molecule has 0 aliphatic carbocycles. The van der Waals surface area contributed by atoms with Crippen LogP contribution in [0.2, 0.25) is 0 Å². The predicted octanol–water partition coefficient (Wildman–Crippen LogP) is 2.60. The zero-order chi connectivity index (χ0) is 19.2. The fourth-order valence-electron chi connectivity index (χ4n) is 3.58. The smallest absolute Gasteiger partial charge is 0.271 e. The number of para-hydroxylation sites is 2. The number of fused-ring (bicyclic) bond motifs is 2. The van der Waals surface area contributed by atoms with Crippen molar-refractivity contribution in [2.75, 3.05) is 17.7 Å². The van der Waals surface area contributed by atoms with E-state index in [2.05, 4.69) is 0 Å². The summed E-state index contributed by atoms with van der Waals surface area (Å²) in [7, 11) is -3.28. The first-order chi connectivity index (χ1) is 12.8. The quantitative estimate of drug-likeness (QED) is 0.792. The summed E-state index contributed by atoms with van der Waals surface area (Å²) in [5, 5.41) is 0. The highest BCUT2D eigenvalue weighted by molar-refractivity contribution is 7.90. The van der Waals surface area contributed by atoms with Crippen molar-refractivity contribution in [3.05, 3.63) is 48.0 Å². The molecule has 0 N–H and O–H groups in total. The second-order valence-corrected chi connectivity index (χ2v) is 8.98. The third-order valence-corrected chi connectivity index (χ3v) is 6.06. The topological polar surface area (TPSA) is 72.9 Å². The van der Waals surface area contributed by atoms with Gasteiger partial charge in [-0.05, 0) is 55.7 Å². The van der Waals surface area contributed by atoms with Crippen LogP contribution in [-0.4, -0.2) is 39.3 Å². The van der Waals surface area contributed by atoms with Crippen molar-refractivity contribution < 1.29 is 22.7 Å². The van der Waals surface area contributed by atoms with Crippen LogP contribution in [0.5, 0.6) is 11.5 Å². The number of rotatable bonds is 2. The molecule has 2 aromatic carbocycles. The number of carbonyl (C=O) groups excluding carboxylic acids is 1. The highest BCUT2D eigenvalue weighted by Crippen LogP contribution is 2.36. The van der Waals surface area contributed by atoms with E-state index in [1.165, 1.54) is 6.26 Å². The Labute approximate surface area is 158 Å². The van der Waals surface area contributed by atoms with Crippen LogP contribution in [0.15, 0.2) is 47.4 Å². The predicted molar refractivity (Wildman–Crippen MR) is 101 cm³/mol. The van der Waals surface area contributed by atoms with Gasteiger partial charge in [0.25, 0.3) is 5.91 Å². The van der Waals surface area contributed by atoms with Gasteiger partial charge in [0.05, 0.1) is 4.90 Å². The van der Waals surface area contributed by atoms with Gasteiger partial charge in [-0.3, -0.25) is 4.79 Å². The standard InChI is InChI=1S/C20H21NO5S/c1-13-19(26-18-8-4-3-7-17(18)25-13)20(22)21-11-5-6-14-12-15(27(2,23)24)9-10-16(14)21/h3-4,7-10,12-13,19H,5-6,11H2,1-2H3. The Balaban J connectivity index is 1.64. The van der Waals surface area contributed by atoms with Crippen LogP contribution in [0.1, 0.15) is 18.9 Å². The normalized spacial score (nSPS) is 21.5. The molecule has 0 radical (unpaired) electrons. The number of benzene rings is 2. The molecule has 0 saturated carbocycles. The molecule has 0 bridgehead atoms. The maximum Gasteiger partial charge on any atom is 0.271 e. The molecule has 0 fully saturated rings.